The molecule has 37 heavy (non-hydrogen) atoms. The molecule has 2 heterocycles. The van der Waals surface area contributed by atoms with Crippen LogP contribution in [0.25, 0.3) is 17.0 Å². The number of aromatic nitrogens is 2. The molecule has 1 unspecified atom stereocenters. The van der Waals surface area contributed by atoms with Crippen LogP contribution in [-0.4, -0.2) is 32.5 Å². The maximum atomic E-state index is 11.4. The molecule has 1 atom stereocenters. The van der Waals surface area contributed by atoms with Crippen molar-refractivity contribution in [3.8, 4) is 0 Å². The second kappa shape index (κ2) is 10.6. The van der Waals surface area contributed by atoms with E-state index in [-0.39, 0.29) is 0 Å². The molecule has 4 N–H and O–H groups in total. The van der Waals surface area contributed by atoms with Crippen LogP contribution in [0, 0.1) is 20.8 Å². The number of hydroxylamine groups is 1. The van der Waals surface area contributed by atoms with Gasteiger partial charge < -0.3 is 9.97 Å². The maximum Gasteiger partial charge on any atom is 0.267 e. The molecule has 4 aromatic rings. The summed E-state index contributed by atoms with van der Waals surface area (Å²) in [6.07, 6.45) is 8.18. The molecule has 1 aliphatic carbocycles. The van der Waals surface area contributed by atoms with Gasteiger partial charge in [-0.05, 0) is 91.1 Å². The number of H-pyrrole nitrogens is 2. The van der Waals surface area contributed by atoms with E-state index in [9.17, 15) is 4.79 Å². The summed E-state index contributed by atoms with van der Waals surface area (Å²) < 4.78 is 0. The normalized spacial score (nSPS) is 15.2. The van der Waals surface area contributed by atoms with Crippen molar-refractivity contribution >= 4 is 34.5 Å². The van der Waals surface area contributed by atoms with Crippen LogP contribution in [0.5, 0.6) is 0 Å². The number of fused-ring (bicyclic) bond motifs is 2. The number of hydrogen-bond donors (Lipinski definition) is 4. The van der Waals surface area contributed by atoms with Crippen LogP contribution in [0.15, 0.2) is 48.7 Å². The van der Waals surface area contributed by atoms with Gasteiger partial charge in [-0.15, -0.1) is 0 Å². The van der Waals surface area contributed by atoms with E-state index in [4.69, 9.17) is 16.8 Å². The van der Waals surface area contributed by atoms with Crippen LogP contribution in [-0.2, 0) is 24.2 Å². The smallest absolute Gasteiger partial charge is 0.267 e. The molecule has 2 aromatic carbocycles. The predicted molar refractivity (Wildman–Crippen MR) is 149 cm³/mol. The molecule has 0 radical (unpaired) electrons. The van der Waals surface area contributed by atoms with Crippen molar-refractivity contribution in [3.63, 3.8) is 0 Å². The summed E-state index contributed by atoms with van der Waals surface area (Å²) in [7, 11) is 0. The lowest BCUT2D eigenvalue weighted by molar-refractivity contribution is -0.124. The minimum Gasteiger partial charge on any atom is -0.361 e. The Morgan fingerprint density at radius 1 is 1.19 bits per heavy atom. The second-order valence-corrected chi connectivity index (χ2v) is 10.5. The van der Waals surface area contributed by atoms with Gasteiger partial charge in [0.15, 0.2) is 0 Å². The number of nitrogens with zero attached hydrogens (tertiary/aromatic N) is 1. The first-order valence-corrected chi connectivity index (χ1v) is 13.1. The molecular weight excluding hydrogens is 484 g/mol. The van der Waals surface area contributed by atoms with E-state index in [0.29, 0.717) is 6.04 Å². The Balaban J connectivity index is 1.42. The van der Waals surface area contributed by atoms with E-state index in [0.717, 1.165) is 48.6 Å². The summed E-state index contributed by atoms with van der Waals surface area (Å²) in [6.45, 7) is 8.03. The highest BCUT2D eigenvalue weighted by atomic mass is 35.5. The van der Waals surface area contributed by atoms with Gasteiger partial charge in [0, 0.05) is 48.0 Å². The van der Waals surface area contributed by atoms with E-state index in [1.807, 2.05) is 6.07 Å². The molecular formula is C30H33ClN4O2. The number of carbonyl (C=O) groups is 1. The first-order chi connectivity index (χ1) is 17.8. The molecule has 0 aliphatic heterocycles. The molecule has 0 saturated carbocycles. The molecule has 192 valence electrons. The molecule has 6 nitrogen and oxygen atoms in total. The zero-order valence-electron chi connectivity index (χ0n) is 21.5. The Bertz CT molecular complexity index is 1480. The van der Waals surface area contributed by atoms with Gasteiger partial charge in [-0.1, -0.05) is 41.9 Å². The van der Waals surface area contributed by atoms with Crippen LogP contribution in [0.1, 0.15) is 57.1 Å². The Labute approximate surface area is 222 Å². The Morgan fingerprint density at radius 2 is 2.03 bits per heavy atom. The Kier molecular flexibility index (Phi) is 7.24. The van der Waals surface area contributed by atoms with E-state index in [1.165, 1.54) is 50.5 Å². The van der Waals surface area contributed by atoms with E-state index in [1.54, 1.807) is 11.6 Å². The van der Waals surface area contributed by atoms with Crippen LogP contribution in [0.2, 0.25) is 5.15 Å². The zero-order chi connectivity index (χ0) is 26.1. The van der Waals surface area contributed by atoms with Crippen molar-refractivity contribution in [3.05, 3.63) is 98.5 Å². The summed E-state index contributed by atoms with van der Waals surface area (Å²) >= 11 is 6.45. The summed E-state index contributed by atoms with van der Waals surface area (Å²) in [4.78, 5) is 20.8. The summed E-state index contributed by atoms with van der Waals surface area (Å²) in [5.41, 5.74) is 12.5. The highest BCUT2D eigenvalue weighted by Gasteiger charge is 2.29. The number of aromatic amines is 2. The van der Waals surface area contributed by atoms with Crippen LogP contribution in [0.4, 0.5) is 0 Å². The minimum atomic E-state index is -0.535. The lowest BCUT2D eigenvalue weighted by Gasteiger charge is -2.30. The molecule has 7 heteroatoms. The van der Waals surface area contributed by atoms with Crippen molar-refractivity contribution in [2.45, 2.75) is 52.6 Å². The molecule has 1 amide bonds. The molecule has 0 saturated heterocycles. The van der Waals surface area contributed by atoms with Crippen LogP contribution in [0.3, 0.4) is 0 Å². The Hall–Kier alpha value is -3.32. The van der Waals surface area contributed by atoms with E-state index in [2.05, 4.69) is 72.2 Å². The average molecular weight is 517 g/mol. The van der Waals surface area contributed by atoms with Crippen molar-refractivity contribution < 1.29 is 10.0 Å². The molecule has 2 aromatic heterocycles. The number of aryl methyl sites for hydroxylation is 2. The second-order valence-electron chi connectivity index (χ2n) is 10.1. The third-order valence-electron chi connectivity index (χ3n) is 7.75. The van der Waals surface area contributed by atoms with Crippen molar-refractivity contribution in [2.75, 3.05) is 6.54 Å². The van der Waals surface area contributed by atoms with Gasteiger partial charge >= 0.3 is 0 Å². The fourth-order valence-electron chi connectivity index (χ4n) is 5.50. The Morgan fingerprint density at radius 3 is 2.78 bits per heavy atom. The lowest BCUT2D eigenvalue weighted by Crippen LogP contribution is -2.30. The van der Waals surface area contributed by atoms with Gasteiger partial charge in [0.05, 0.1) is 0 Å². The standard InChI is InChI=1S/C30H33ClN4O2/c1-18-4-8-24-23(16-32-26(24)14-18)12-13-35(17-27-19(2)20(3)30(31)33-27)28-10-7-22-15-21(5-9-25(22)28)6-11-29(36)34-37/h4-6,8-9,11,14-16,28,32-33,37H,7,10,12-13,17H2,1-3H3,(H,34,36)/b11-6+. The summed E-state index contributed by atoms with van der Waals surface area (Å²) in [6, 6.07) is 13.3. The number of carbonyl (C=O) groups excluding carboxylic acids is 1. The number of hydrogen-bond acceptors (Lipinski definition) is 3. The van der Waals surface area contributed by atoms with Gasteiger partial charge in [-0.3, -0.25) is 14.9 Å². The number of nitrogens with one attached hydrogen (secondary N) is 3. The van der Waals surface area contributed by atoms with Gasteiger partial charge in [0.1, 0.15) is 5.15 Å². The van der Waals surface area contributed by atoms with Crippen LogP contribution < -0.4 is 5.48 Å². The van der Waals surface area contributed by atoms with E-state index < -0.39 is 5.91 Å². The first kappa shape index (κ1) is 25.3. The van der Waals surface area contributed by atoms with E-state index >= 15 is 0 Å². The quantitative estimate of drug-likeness (QED) is 0.125. The third kappa shape index (κ3) is 5.23. The fraction of sp³-hybridized carbons (Fsp3) is 0.300. The number of halogens is 1. The van der Waals surface area contributed by atoms with Gasteiger partial charge in [-0.25, -0.2) is 5.48 Å². The van der Waals surface area contributed by atoms with Gasteiger partial charge in [0.25, 0.3) is 5.91 Å². The third-order valence-corrected chi connectivity index (χ3v) is 8.13. The molecule has 5 rings (SSSR count). The van der Waals surface area contributed by atoms with Gasteiger partial charge in [-0.2, -0.15) is 0 Å². The number of rotatable bonds is 8. The monoisotopic (exact) mass is 516 g/mol. The molecule has 0 fully saturated rings. The number of amides is 1. The molecule has 1 aliphatic rings. The van der Waals surface area contributed by atoms with Crippen molar-refractivity contribution in [1.29, 1.82) is 0 Å². The van der Waals surface area contributed by atoms with Gasteiger partial charge in [0.2, 0.25) is 0 Å². The largest absolute Gasteiger partial charge is 0.361 e. The molecule has 0 bridgehead atoms. The van der Waals surface area contributed by atoms with Crippen molar-refractivity contribution in [1.82, 2.24) is 20.3 Å². The maximum absolute atomic E-state index is 11.4. The highest BCUT2D eigenvalue weighted by Crippen LogP contribution is 2.38. The van der Waals surface area contributed by atoms with Crippen molar-refractivity contribution in [2.24, 2.45) is 0 Å². The highest BCUT2D eigenvalue weighted by molar-refractivity contribution is 6.30. The van der Waals surface area contributed by atoms with Crippen LogP contribution >= 0.6 is 11.6 Å². The molecule has 0 spiro atoms. The number of benzene rings is 2. The lowest BCUT2D eigenvalue weighted by atomic mass is 10.0. The average Bonchev–Trinajstić information content (AvgIpc) is 3.57. The SMILES string of the molecule is Cc1ccc2c(CCN(Cc3[nH]c(Cl)c(C)c3C)C3CCc4cc(/C=C/C(=O)NO)ccc43)c[nH]c2c1. The topological polar surface area (TPSA) is 84.2 Å². The summed E-state index contributed by atoms with van der Waals surface area (Å²) in [5, 5.41) is 10.7. The fourth-order valence-corrected chi connectivity index (χ4v) is 5.75. The zero-order valence-corrected chi connectivity index (χ0v) is 22.2. The first-order valence-electron chi connectivity index (χ1n) is 12.7. The predicted octanol–water partition coefficient (Wildman–Crippen LogP) is 6.33. The summed E-state index contributed by atoms with van der Waals surface area (Å²) in [5.74, 6) is -0.535. The minimum absolute atomic E-state index is 0.294.